The SMILES string of the molecule is [O-]C1=N[N+](=C2c3ccccc3-c3ccccc32)C(c2ccccc2)C1. The van der Waals surface area contributed by atoms with Gasteiger partial charge in [-0.2, -0.15) is 0 Å². The normalized spacial score (nSPS) is 18.1. The maximum Gasteiger partial charge on any atom is 0.248 e. The first kappa shape index (κ1) is 14.2. The first-order chi connectivity index (χ1) is 12.3. The van der Waals surface area contributed by atoms with E-state index in [2.05, 4.69) is 53.6 Å². The summed E-state index contributed by atoms with van der Waals surface area (Å²) < 4.78 is 1.93. The first-order valence-electron chi connectivity index (χ1n) is 8.48. The van der Waals surface area contributed by atoms with E-state index >= 15 is 0 Å². The van der Waals surface area contributed by atoms with Crippen molar-refractivity contribution in [1.29, 1.82) is 0 Å². The monoisotopic (exact) mass is 324 g/mol. The van der Waals surface area contributed by atoms with Crippen LogP contribution in [0.2, 0.25) is 0 Å². The molecule has 3 aromatic carbocycles. The standard InChI is InChI=1S/C22H16N2O/c25-21-14-20(15-8-2-1-3-9-15)24(23-21)22-18-12-6-4-10-16(18)17-11-5-7-13-19(17)22/h1-13,20H,14H2. The number of fused-ring (bicyclic) bond motifs is 3. The molecule has 0 bridgehead atoms. The average molecular weight is 324 g/mol. The Morgan fingerprint density at radius 3 is 1.84 bits per heavy atom. The Balaban J connectivity index is 1.81. The van der Waals surface area contributed by atoms with Crippen LogP contribution in [0.3, 0.4) is 0 Å². The highest BCUT2D eigenvalue weighted by atomic mass is 16.3. The fourth-order valence-electron chi connectivity index (χ4n) is 3.86. The van der Waals surface area contributed by atoms with E-state index in [-0.39, 0.29) is 11.9 Å². The molecule has 120 valence electrons. The molecule has 0 spiro atoms. The second-order valence-corrected chi connectivity index (χ2v) is 6.41. The molecule has 0 radical (unpaired) electrons. The molecule has 1 aliphatic heterocycles. The minimum Gasteiger partial charge on any atom is -0.857 e. The van der Waals surface area contributed by atoms with E-state index in [1.54, 1.807) is 0 Å². The van der Waals surface area contributed by atoms with Crippen LogP contribution < -0.4 is 5.11 Å². The number of hydrogen-bond donors (Lipinski definition) is 0. The lowest BCUT2D eigenvalue weighted by molar-refractivity contribution is -0.567. The van der Waals surface area contributed by atoms with E-state index in [1.807, 2.05) is 35.0 Å². The summed E-state index contributed by atoms with van der Waals surface area (Å²) in [6.07, 6.45) is 0.415. The third-order valence-corrected chi connectivity index (χ3v) is 4.95. The van der Waals surface area contributed by atoms with Gasteiger partial charge in [0.05, 0.1) is 17.5 Å². The molecule has 0 amide bonds. The number of hydrogen-bond acceptors (Lipinski definition) is 2. The summed E-state index contributed by atoms with van der Waals surface area (Å²) in [6, 6.07) is 26.8. The van der Waals surface area contributed by atoms with Gasteiger partial charge in [0.25, 0.3) is 0 Å². The Labute approximate surface area is 146 Å². The van der Waals surface area contributed by atoms with Crippen molar-refractivity contribution in [3.8, 4) is 11.1 Å². The van der Waals surface area contributed by atoms with Crippen molar-refractivity contribution in [3.63, 3.8) is 0 Å². The molecule has 1 atom stereocenters. The van der Waals surface area contributed by atoms with Gasteiger partial charge in [-0.3, -0.25) is 0 Å². The highest BCUT2D eigenvalue weighted by molar-refractivity contribution is 6.22. The van der Waals surface area contributed by atoms with Crippen LogP contribution in [0.1, 0.15) is 29.2 Å². The second kappa shape index (κ2) is 5.42. The summed E-state index contributed by atoms with van der Waals surface area (Å²) in [6.45, 7) is 0. The zero-order chi connectivity index (χ0) is 16.8. The van der Waals surface area contributed by atoms with Crippen LogP contribution in [0.5, 0.6) is 0 Å². The van der Waals surface area contributed by atoms with Gasteiger partial charge in [-0.25, -0.2) is 0 Å². The topological polar surface area (TPSA) is 38.4 Å². The zero-order valence-electron chi connectivity index (χ0n) is 13.6. The van der Waals surface area contributed by atoms with Gasteiger partial charge in [0, 0.05) is 11.5 Å². The Bertz CT molecular complexity index is 987. The number of nitrogens with zero attached hydrogens (tertiary/aromatic N) is 2. The minimum absolute atomic E-state index is 0.0529. The van der Waals surface area contributed by atoms with Crippen molar-refractivity contribution in [2.75, 3.05) is 0 Å². The van der Waals surface area contributed by atoms with Gasteiger partial charge >= 0.3 is 0 Å². The van der Waals surface area contributed by atoms with Crippen LogP contribution in [0, 0.1) is 0 Å². The summed E-state index contributed by atoms with van der Waals surface area (Å²) in [5.74, 6) is -0.0665. The van der Waals surface area contributed by atoms with Crippen LogP contribution in [0.25, 0.3) is 11.1 Å². The highest BCUT2D eigenvalue weighted by Gasteiger charge is 2.39. The number of benzene rings is 3. The van der Waals surface area contributed by atoms with Crippen LogP contribution in [-0.4, -0.2) is 16.3 Å². The van der Waals surface area contributed by atoms with Crippen molar-refractivity contribution in [2.45, 2.75) is 12.5 Å². The molecular formula is C22H16N2O. The first-order valence-corrected chi connectivity index (χ1v) is 8.48. The second-order valence-electron chi connectivity index (χ2n) is 6.41. The maximum atomic E-state index is 12.2. The third kappa shape index (κ3) is 2.13. The molecule has 0 N–H and O–H groups in total. The van der Waals surface area contributed by atoms with Crippen molar-refractivity contribution in [1.82, 2.24) is 0 Å². The summed E-state index contributed by atoms with van der Waals surface area (Å²) in [5.41, 5.74) is 6.84. The molecule has 25 heavy (non-hydrogen) atoms. The lowest BCUT2D eigenvalue weighted by Gasteiger charge is -2.08. The summed E-state index contributed by atoms with van der Waals surface area (Å²) in [4.78, 5) is 0. The van der Waals surface area contributed by atoms with Crippen LogP contribution in [0.15, 0.2) is 84.0 Å². The van der Waals surface area contributed by atoms with Crippen molar-refractivity contribution in [2.24, 2.45) is 5.10 Å². The molecule has 1 heterocycles. The Kier molecular flexibility index (Phi) is 3.07. The quantitative estimate of drug-likeness (QED) is 0.495. The van der Waals surface area contributed by atoms with E-state index in [1.165, 1.54) is 11.1 Å². The molecule has 3 aromatic rings. The van der Waals surface area contributed by atoms with E-state index in [4.69, 9.17) is 0 Å². The van der Waals surface area contributed by atoms with Gasteiger partial charge in [-0.15, -0.1) is 0 Å². The third-order valence-electron chi connectivity index (χ3n) is 4.95. The molecule has 3 heteroatoms. The molecule has 0 saturated carbocycles. The maximum absolute atomic E-state index is 12.2. The Morgan fingerprint density at radius 1 is 0.720 bits per heavy atom. The fraction of sp³-hybridized carbons (Fsp3) is 0.0909. The van der Waals surface area contributed by atoms with Crippen molar-refractivity contribution < 1.29 is 9.79 Å². The van der Waals surface area contributed by atoms with E-state index in [9.17, 15) is 5.11 Å². The molecule has 0 fully saturated rings. The molecule has 3 nitrogen and oxygen atoms in total. The van der Waals surface area contributed by atoms with E-state index in [0.29, 0.717) is 6.42 Å². The predicted molar refractivity (Wildman–Crippen MR) is 96.6 cm³/mol. The lowest BCUT2D eigenvalue weighted by Crippen LogP contribution is -2.19. The van der Waals surface area contributed by atoms with E-state index < -0.39 is 0 Å². The molecule has 0 saturated heterocycles. The van der Waals surface area contributed by atoms with Crippen LogP contribution >= 0.6 is 0 Å². The molecule has 0 aromatic heterocycles. The van der Waals surface area contributed by atoms with Gasteiger partial charge < -0.3 is 5.11 Å². The smallest absolute Gasteiger partial charge is 0.248 e. The molecule has 1 unspecified atom stereocenters. The lowest BCUT2D eigenvalue weighted by atomic mass is 10.0. The highest BCUT2D eigenvalue weighted by Crippen LogP contribution is 2.39. The fourth-order valence-corrected chi connectivity index (χ4v) is 3.86. The largest absolute Gasteiger partial charge is 0.857 e. The number of rotatable bonds is 1. The average Bonchev–Trinajstić information content (AvgIpc) is 3.20. The van der Waals surface area contributed by atoms with Crippen LogP contribution in [-0.2, 0) is 0 Å². The van der Waals surface area contributed by atoms with Gasteiger partial charge in [0.2, 0.25) is 11.8 Å². The summed E-state index contributed by atoms with van der Waals surface area (Å²) >= 11 is 0. The van der Waals surface area contributed by atoms with Gasteiger partial charge in [0.15, 0.2) is 0 Å². The summed E-state index contributed by atoms with van der Waals surface area (Å²) in [7, 11) is 0. The Morgan fingerprint density at radius 2 is 1.24 bits per heavy atom. The number of hydrazone groups is 1. The molecular weight excluding hydrogens is 308 g/mol. The molecule has 2 aliphatic rings. The Hall–Kier alpha value is -3.20. The molecule has 5 rings (SSSR count). The van der Waals surface area contributed by atoms with Gasteiger partial charge in [-0.1, -0.05) is 71.4 Å². The van der Waals surface area contributed by atoms with E-state index in [0.717, 1.165) is 22.4 Å². The van der Waals surface area contributed by atoms with Crippen molar-refractivity contribution in [3.05, 3.63) is 95.6 Å². The van der Waals surface area contributed by atoms with Crippen LogP contribution in [0.4, 0.5) is 0 Å². The summed E-state index contributed by atoms with van der Waals surface area (Å²) in [5, 5.41) is 16.6. The van der Waals surface area contributed by atoms with Gasteiger partial charge in [0.1, 0.15) is 0 Å². The predicted octanol–water partition coefficient (Wildman–Crippen LogP) is 3.34. The molecule has 1 aliphatic carbocycles. The zero-order valence-corrected chi connectivity index (χ0v) is 13.6. The van der Waals surface area contributed by atoms with Gasteiger partial charge in [-0.05, 0) is 28.4 Å². The van der Waals surface area contributed by atoms with Crippen molar-refractivity contribution >= 4 is 11.6 Å². The minimum atomic E-state index is -0.0665.